The molecule has 15 heavy (non-hydrogen) atoms. The van der Waals surface area contributed by atoms with E-state index in [0.29, 0.717) is 25.4 Å². The van der Waals surface area contributed by atoms with E-state index in [9.17, 15) is 9.59 Å². The van der Waals surface area contributed by atoms with Gasteiger partial charge in [0, 0.05) is 19.0 Å². The second kappa shape index (κ2) is 5.70. The van der Waals surface area contributed by atoms with E-state index >= 15 is 0 Å². The summed E-state index contributed by atoms with van der Waals surface area (Å²) in [6, 6.07) is -0.169. The van der Waals surface area contributed by atoms with Crippen molar-refractivity contribution in [1.29, 1.82) is 0 Å². The highest BCUT2D eigenvalue weighted by molar-refractivity contribution is 5.83. The normalized spacial score (nSPS) is 17.1. The van der Waals surface area contributed by atoms with E-state index in [0.717, 1.165) is 0 Å². The second-order valence-electron chi connectivity index (χ2n) is 3.84. The summed E-state index contributed by atoms with van der Waals surface area (Å²) < 4.78 is 0. The predicted octanol–water partition coefficient (Wildman–Crippen LogP) is 0.108. The van der Waals surface area contributed by atoms with E-state index in [-0.39, 0.29) is 5.91 Å². The Kier molecular flexibility index (Phi) is 4.55. The average Bonchev–Trinajstić information content (AvgIpc) is 2.97. The monoisotopic (exact) mass is 214 g/mol. The molecule has 1 atom stereocenters. The van der Waals surface area contributed by atoms with Gasteiger partial charge in [-0.15, -0.1) is 0 Å². The zero-order chi connectivity index (χ0) is 11.3. The van der Waals surface area contributed by atoms with Crippen LogP contribution in [0.2, 0.25) is 0 Å². The first-order valence-corrected chi connectivity index (χ1v) is 5.39. The summed E-state index contributed by atoms with van der Waals surface area (Å²) in [5.41, 5.74) is 0. The molecular formula is C10H18N2O3. The van der Waals surface area contributed by atoms with Crippen molar-refractivity contribution >= 4 is 11.9 Å². The Bertz CT molecular complexity index is 239. The topological polar surface area (TPSA) is 78.4 Å². The van der Waals surface area contributed by atoms with Gasteiger partial charge in [0.1, 0.15) is 6.04 Å². The Hall–Kier alpha value is -1.10. The van der Waals surface area contributed by atoms with Gasteiger partial charge >= 0.3 is 5.97 Å². The maximum absolute atomic E-state index is 11.3. The third kappa shape index (κ3) is 4.78. The van der Waals surface area contributed by atoms with Gasteiger partial charge in [0.2, 0.25) is 5.91 Å². The molecule has 5 nitrogen and oxygen atoms in total. The molecule has 0 heterocycles. The fourth-order valence-corrected chi connectivity index (χ4v) is 1.28. The largest absolute Gasteiger partial charge is 0.480 e. The Morgan fingerprint density at radius 3 is 2.60 bits per heavy atom. The lowest BCUT2D eigenvalue weighted by molar-refractivity contribution is -0.141. The molecule has 0 unspecified atom stereocenters. The number of rotatable bonds is 7. The van der Waals surface area contributed by atoms with Crippen molar-refractivity contribution in [3.8, 4) is 0 Å². The van der Waals surface area contributed by atoms with Crippen molar-refractivity contribution in [3.63, 3.8) is 0 Å². The smallest absolute Gasteiger partial charge is 0.326 e. The minimum atomic E-state index is -0.971. The zero-order valence-electron chi connectivity index (χ0n) is 8.95. The van der Waals surface area contributed by atoms with Gasteiger partial charge in [0.15, 0.2) is 0 Å². The molecule has 1 fully saturated rings. The summed E-state index contributed by atoms with van der Waals surface area (Å²) in [4.78, 5) is 21.9. The van der Waals surface area contributed by atoms with Gasteiger partial charge in [-0.2, -0.15) is 0 Å². The molecule has 0 saturated heterocycles. The SMILES string of the molecule is CC[C@H](NC(=O)CCNC1CC1)C(=O)O. The number of carboxylic acids is 1. The number of carbonyl (C=O) groups excluding carboxylic acids is 1. The molecule has 1 amide bonds. The van der Waals surface area contributed by atoms with Crippen LogP contribution in [0.4, 0.5) is 0 Å². The lowest BCUT2D eigenvalue weighted by atomic mass is 10.2. The van der Waals surface area contributed by atoms with E-state index in [1.54, 1.807) is 6.92 Å². The molecule has 3 N–H and O–H groups in total. The highest BCUT2D eigenvalue weighted by Gasteiger charge is 2.21. The van der Waals surface area contributed by atoms with Crippen molar-refractivity contribution in [2.75, 3.05) is 6.54 Å². The van der Waals surface area contributed by atoms with Gasteiger partial charge in [-0.1, -0.05) is 6.92 Å². The van der Waals surface area contributed by atoms with Crippen LogP contribution in [0.25, 0.3) is 0 Å². The molecule has 0 aromatic rings. The lowest BCUT2D eigenvalue weighted by Crippen LogP contribution is -2.41. The summed E-state index contributed by atoms with van der Waals surface area (Å²) in [7, 11) is 0. The Morgan fingerprint density at radius 2 is 2.13 bits per heavy atom. The van der Waals surface area contributed by atoms with Gasteiger partial charge in [0.05, 0.1) is 0 Å². The van der Waals surface area contributed by atoms with Crippen molar-refractivity contribution in [3.05, 3.63) is 0 Å². The van der Waals surface area contributed by atoms with Crippen LogP contribution in [0.5, 0.6) is 0 Å². The maximum atomic E-state index is 11.3. The van der Waals surface area contributed by atoms with E-state index in [1.165, 1.54) is 12.8 Å². The number of hydrogen-bond acceptors (Lipinski definition) is 3. The summed E-state index contributed by atoms with van der Waals surface area (Å²) in [6.07, 6.45) is 3.14. The second-order valence-corrected chi connectivity index (χ2v) is 3.84. The summed E-state index contributed by atoms with van der Waals surface area (Å²) in [6.45, 7) is 2.37. The van der Waals surface area contributed by atoms with Crippen molar-refractivity contribution in [2.45, 2.75) is 44.7 Å². The fraction of sp³-hybridized carbons (Fsp3) is 0.800. The third-order valence-electron chi connectivity index (χ3n) is 2.40. The highest BCUT2D eigenvalue weighted by Crippen LogP contribution is 2.18. The lowest BCUT2D eigenvalue weighted by Gasteiger charge is -2.12. The first-order valence-electron chi connectivity index (χ1n) is 5.39. The van der Waals surface area contributed by atoms with Crippen LogP contribution >= 0.6 is 0 Å². The summed E-state index contributed by atoms with van der Waals surface area (Å²) in [5.74, 6) is -1.17. The van der Waals surface area contributed by atoms with Gasteiger partial charge in [-0.05, 0) is 19.3 Å². The van der Waals surface area contributed by atoms with Gasteiger partial charge < -0.3 is 15.7 Å². The van der Waals surface area contributed by atoms with E-state index < -0.39 is 12.0 Å². The molecule has 1 saturated carbocycles. The van der Waals surface area contributed by atoms with Crippen LogP contribution < -0.4 is 10.6 Å². The molecule has 1 rings (SSSR count). The molecule has 0 radical (unpaired) electrons. The maximum Gasteiger partial charge on any atom is 0.326 e. The number of carboxylic acid groups (broad SMARTS) is 1. The minimum Gasteiger partial charge on any atom is -0.480 e. The fourth-order valence-electron chi connectivity index (χ4n) is 1.28. The Labute approximate surface area is 89.2 Å². The number of amides is 1. The van der Waals surface area contributed by atoms with Crippen molar-refractivity contribution in [1.82, 2.24) is 10.6 Å². The zero-order valence-corrected chi connectivity index (χ0v) is 8.95. The predicted molar refractivity (Wildman–Crippen MR) is 55.5 cm³/mol. The van der Waals surface area contributed by atoms with Crippen molar-refractivity contribution in [2.24, 2.45) is 0 Å². The first kappa shape index (κ1) is 12.0. The average molecular weight is 214 g/mol. The van der Waals surface area contributed by atoms with E-state index in [1.807, 2.05) is 0 Å². The molecule has 86 valence electrons. The molecule has 0 bridgehead atoms. The van der Waals surface area contributed by atoms with Gasteiger partial charge in [-0.25, -0.2) is 4.79 Å². The van der Waals surface area contributed by atoms with Crippen LogP contribution in [0.1, 0.15) is 32.6 Å². The van der Waals surface area contributed by atoms with Gasteiger partial charge in [-0.3, -0.25) is 4.79 Å². The van der Waals surface area contributed by atoms with E-state index in [2.05, 4.69) is 10.6 Å². The quantitative estimate of drug-likeness (QED) is 0.562. The van der Waals surface area contributed by atoms with Crippen LogP contribution in [0.15, 0.2) is 0 Å². The van der Waals surface area contributed by atoms with Crippen LogP contribution in [0, 0.1) is 0 Å². The summed E-state index contributed by atoms with van der Waals surface area (Å²) in [5, 5.41) is 14.4. The molecule has 0 aromatic heterocycles. The van der Waals surface area contributed by atoms with Crippen LogP contribution in [-0.4, -0.2) is 35.6 Å². The third-order valence-corrected chi connectivity index (χ3v) is 2.40. The number of aliphatic carboxylic acids is 1. The minimum absolute atomic E-state index is 0.197. The molecule has 0 aromatic carbocycles. The first-order chi connectivity index (χ1) is 7.13. The van der Waals surface area contributed by atoms with Gasteiger partial charge in [0.25, 0.3) is 0 Å². The molecule has 0 spiro atoms. The number of carbonyl (C=O) groups is 2. The summed E-state index contributed by atoms with van der Waals surface area (Å²) >= 11 is 0. The molecule has 0 aliphatic heterocycles. The Morgan fingerprint density at radius 1 is 1.47 bits per heavy atom. The van der Waals surface area contributed by atoms with Crippen LogP contribution in [0.3, 0.4) is 0 Å². The molecule has 1 aliphatic rings. The highest BCUT2D eigenvalue weighted by atomic mass is 16.4. The standard InChI is InChI=1S/C10H18N2O3/c1-2-8(10(14)15)12-9(13)5-6-11-7-3-4-7/h7-8,11H,2-6H2,1H3,(H,12,13)(H,14,15)/t8-/m0/s1. The number of nitrogens with one attached hydrogen (secondary N) is 2. The number of hydrogen-bond donors (Lipinski definition) is 3. The van der Waals surface area contributed by atoms with Crippen molar-refractivity contribution < 1.29 is 14.7 Å². The molecular weight excluding hydrogens is 196 g/mol. The molecule has 1 aliphatic carbocycles. The Balaban J connectivity index is 2.12. The van der Waals surface area contributed by atoms with Crippen LogP contribution in [-0.2, 0) is 9.59 Å². The molecule has 5 heteroatoms. The van der Waals surface area contributed by atoms with E-state index in [4.69, 9.17) is 5.11 Å².